The van der Waals surface area contributed by atoms with Crippen LogP contribution in [-0.2, 0) is 19.5 Å². The third-order valence-corrected chi connectivity index (χ3v) is 4.89. The third-order valence-electron chi connectivity index (χ3n) is 4.89. The Morgan fingerprint density at radius 2 is 2.03 bits per heavy atom. The van der Waals surface area contributed by atoms with E-state index in [4.69, 9.17) is 5.21 Å². The van der Waals surface area contributed by atoms with E-state index >= 15 is 0 Å². The van der Waals surface area contributed by atoms with Crippen molar-refractivity contribution in [3.63, 3.8) is 0 Å². The van der Waals surface area contributed by atoms with Crippen molar-refractivity contribution in [2.24, 2.45) is 0 Å². The van der Waals surface area contributed by atoms with Crippen LogP contribution in [0.1, 0.15) is 27.0 Å². The van der Waals surface area contributed by atoms with E-state index in [1.54, 1.807) is 18.3 Å². The molecule has 1 aliphatic heterocycles. The molecule has 0 atom stereocenters. The van der Waals surface area contributed by atoms with Gasteiger partial charge in [-0.05, 0) is 35.7 Å². The second-order valence-electron chi connectivity index (χ2n) is 6.79. The summed E-state index contributed by atoms with van der Waals surface area (Å²) in [5.74, 6) is 0.00388. The van der Waals surface area contributed by atoms with Gasteiger partial charge in [0, 0.05) is 37.0 Å². The molecule has 1 aliphatic rings. The number of nitrogens with zero attached hydrogens (tertiary/aromatic N) is 3. The molecule has 2 heterocycles. The number of fused-ring (bicyclic) bond motifs is 1. The minimum absolute atomic E-state index is 0.0977. The molecule has 0 unspecified atom stereocenters. The van der Waals surface area contributed by atoms with E-state index in [9.17, 15) is 9.18 Å². The molecule has 1 aromatic heterocycles. The van der Waals surface area contributed by atoms with Crippen LogP contribution in [0.2, 0.25) is 0 Å². The first-order valence-corrected chi connectivity index (χ1v) is 9.25. The van der Waals surface area contributed by atoms with Gasteiger partial charge in [-0.15, -0.1) is 0 Å². The van der Waals surface area contributed by atoms with Gasteiger partial charge in [0.05, 0.1) is 0 Å². The Bertz CT molecular complexity index is 1030. The molecule has 4 rings (SSSR count). The molecule has 0 spiro atoms. The molecule has 0 saturated heterocycles. The fourth-order valence-corrected chi connectivity index (χ4v) is 3.37. The molecule has 8 heteroatoms. The standard InChI is InChI=1S/C21H20FN5O2/c22-18-11-16(20(28)26-29)10-15-7-9-27(13-17(15)18)21-23-8-6-19(25-21)24-12-14-4-2-1-3-5-14/h1-6,8,10-11,29H,7,9,12-13H2,(H,26,28)(H,23,24,25). The molecule has 3 N–H and O–H groups in total. The molecule has 0 bridgehead atoms. The van der Waals surface area contributed by atoms with E-state index in [1.807, 2.05) is 35.2 Å². The highest BCUT2D eigenvalue weighted by molar-refractivity contribution is 5.93. The summed E-state index contributed by atoms with van der Waals surface area (Å²) in [5.41, 5.74) is 4.04. The Morgan fingerprint density at radius 1 is 1.21 bits per heavy atom. The first-order valence-electron chi connectivity index (χ1n) is 9.25. The summed E-state index contributed by atoms with van der Waals surface area (Å²) in [6, 6.07) is 14.5. The van der Waals surface area contributed by atoms with Crippen LogP contribution in [0.4, 0.5) is 16.2 Å². The minimum atomic E-state index is -0.727. The fraction of sp³-hybridized carbons (Fsp3) is 0.190. The average Bonchev–Trinajstić information content (AvgIpc) is 2.77. The summed E-state index contributed by atoms with van der Waals surface area (Å²) in [6.45, 7) is 1.55. The number of aromatic nitrogens is 2. The number of hydrogen-bond donors (Lipinski definition) is 3. The lowest BCUT2D eigenvalue weighted by Crippen LogP contribution is -2.33. The van der Waals surface area contributed by atoms with Gasteiger partial charge in [-0.25, -0.2) is 14.9 Å². The van der Waals surface area contributed by atoms with E-state index in [-0.39, 0.29) is 5.56 Å². The quantitative estimate of drug-likeness (QED) is 0.456. The zero-order valence-corrected chi connectivity index (χ0v) is 15.6. The first-order chi connectivity index (χ1) is 14.1. The maximum Gasteiger partial charge on any atom is 0.274 e. The minimum Gasteiger partial charge on any atom is -0.366 e. The molecule has 7 nitrogen and oxygen atoms in total. The molecule has 0 radical (unpaired) electrons. The summed E-state index contributed by atoms with van der Waals surface area (Å²) < 4.78 is 14.6. The fourth-order valence-electron chi connectivity index (χ4n) is 3.37. The zero-order chi connectivity index (χ0) is 20.2. The highest BCUT2D eigenvalue weighted by atomic mass is 19.1. The average molecular weight is 393 g/mol. The number of halogens is 1. The molecule has 3 aromatic rings. The second kappa shape index (κ2) is 8.24. The molecule has 1 amide bonds. The van der Waals surface area contributed by atoms with E-state index < -0.39 is 11.7 Å². The normalized spacial score (nSPS) is 13.0. The van der Waals surface area contributed by atoms with E-state index in [0.717, 1.165) is 17.2 Å². The van der Waals surface area contributed by atoms with Crippen molar-refractivity contribution in [2.75, 3.05) is 16.8 Å². The lowest BCUT2D eigenvalue weighted by Gasteiger charge is -2.29. The lowest BCUT2D eigenvalue weighted by molar-refractivity contribution is 0.0705. The van der Waals surface area contributed by atoms with Gasteiger partial charge in [-0.3, -0.25) is 10.0 Å². The largest absolute Gasteiger partial charge is 0.366 e. The Labute approximate surface area is 167 Å². The van der Waals surface area contributed by atoms with Crippen molar-refractivity contribution in [1.29, 1.82) is 0 Å². The van der Waals surface area contributed by atoms with Crippen LogP contribution in [0.15, 0.2) is 54.7 Å². The molecular formula is C21H20FN5O2. The van der Waals surface area contributed by atoms with Gasteiger partial charge < -0.3 is 10.2 Å². The number of rotatable bonds is 5. The number of carbonyl (C=O) groups excluding carboxylic acids is 1. The molecule has 2 aromatic carbocycles. The predicted octanol–water partition coefficient (Wildman–Crippen LogP) is 2.91. The molecule has 0 fully saturated rings. The van der Waals surface area contributed by atoms with Crippen molar-refractivity contribution in [1.82, 2.24) is 15.4 Å². The Hall–Kier alpha value is -3.52. The van der Waals surface area contributed by atoms with Crippen LogP contribution < -0.4 is 15.7 Å². The van der Waals surface area contributed by atoms with Crippen LogP contribution in [0.5, 0.6) is 0 Å². The first kappa shape index (κ1) is 18.8. The number of hydroxylamine groups is 1. The van der Waals surface area contributed by atoms with E-state index in [0.29, 0.717) is 43.4 Å². The smallest absolute Gasteiger partial charge is 0.274 e. The topological polar surface area (TPSA) is 90.4 Å². The zero-order valence-electron chi connectivity index (χ0n) is 15.6. The number of amides is 1. The van der Waals surface area contributed by atoms with Crippen LogP contribution in [0.3, 0.4) is 0 Å². The van der Waals surface area contributed by atoms with Crippen LogP contribution >= 0.6 is 0 Å². The van der Waals surface area contributed by atoms with Gasteiger partial charge in [0.25, 0.3) is 5.91 Å². The predicted molar refractivity (Wildman–Crippen MR) is 106 cm³/mol. The molecule has 29 heavy (non-hydrogen) atoms. The van der Waals surface area contributed by atoms with Gasteiger partial charge in [-0.1, -0.05) is 30.3 Å². The van der Waals surface area contributed by atoms with E-state index in [1.165, 1.54) is 5.48 Å². The maximum atomic E-state index is 14.6. The van der Waals surface area contributed by atoms with Crippen molar-refractivity contribution >= 4 is 17.7 Å². The van der Waals surface area contributed by atoms with Crippen molar-refractivity contribution in [3.8, 4) is 0 Å². The molecule has 0 aliphatic carbocycles. The Kier molecular flexibility index (Phi) is 5.35. The maximum absolute atomic E-state index is 14.6. The van der Waals surface area contributed by atoms with E-state index in [2.05, 4.69) is 15.3 Å². The number of nitrogens with one attached hydrogen (secondary N) is 2. The Morgan fingerprint density at radius 3 is 2.83 bits per heavy atom. The van der Waals surface area contributed by atoms with Gasteiger partial charge in [-0.2, -0.15) is 4.98 Å². The third kappa shape index (κ3) is 4.17. The summed E-state index contributed by atoms with van der Waals surface area (Å²) in [6.07, 6.45) is 2.22. The Balaban J connectivity index is 1.50. The SMILES string of the molecule is O=C(NO)c1cc(F)c2c(c1)CCN(c1nccc(NCc3ccccc3)n1)C2. The number of anilines is 2. The summed E-state index contributed by atoms with van der Waals surface area (Å²) >= 11 is 0. The van der Waals surface area contributed by atoms with Crippen molar-refractivity contribution in [3.05, 3.63) is 82.8 Å². The highest BCUT2D eigenvalue weighted by Crippen LogP contribution is 2.26. The lowest BCUT2D eigenvalue weighted by atomic mass is 9.96. The van der Waals surface area contributed by atoms with Gasteiger partial charge in [0.2, 0.25) is 5.95 Å². The van der Waals surface area contributed by atoms with Crippen LogP contribution in [0, 0.1) is 5.82 Å². The summed E-state index contributed by atoms with van der Waals surface area (Å²) in [4.78, 5) is 22.4. The number of hydrogen-bond acceptors (Lipinski definition) is 6. The van der Waals surface area contributed by atoms with Gasteiger partial charge >= 0.3 is 0 Å². The molecular weight excluding hydrogens is 373 g/mol. The van der Waals surface area contributed by atoms with Gasteiger partial charge in [0.1, 0.15) is 11.6 Å². The van der Waals surface area contributed by atoms with Crippen LogP contribution in [0.25, 0.3) is 0 Å². The number of carbonyl (C=O) groups is 1. The molecule has 148 valence electrons. The second-order valence-corrected chi connectivity index (χ2v) is 6.79. The summed E-state index contributed by atoms with van der Waals surface area (Å²) in [5, 5.41) is 12.0. The number of benzene rings is 2. The summed E-state index contributed by atoms with van der Waals surface area (Å²) in [7, 11) is 0. The molecule has 0 saturated carbocycles. The highest BCUT2D eigenvalue weighted by Gasteiger charge is 2.23. The van der Waals surface area contributed by atoms with Crippen LogP contribution in [-0.4, -0.2) is 27.6 Å². The van der Waals surface area contributed by atoms with Crippen molar-refractivity contribution < 1.29 is 14.4 Å². The van der Waals surface area contributed by atoms with Crippen molar-refractivity contribution in [2.45, 2.75) is 19.5 Å². The monoisotopic (exact) mass is 393 g/mol. The van der Waals surface area contributed by atoms with Gasteiger partial charge in [0.15, 0.2) is 0 Å².